The monoisotopic (exact) mass is 338 g/mol. The quantitative estimate of drug-likeness (QED) is 0.512. The smallest absolute Gasteiger partial charge is 0.179 e. The van der Waals surface area contributed by atoms with Crippen LogP contribution in [0.25, 0.3) is 15.7 Å². The summed E-state index contributed by atoms with van der Waals surface area (Å²) in [6.07, 6.45) is 7.55. The molecule has 0 fully saturated rings. The highest BCUT2D eigenvalue weighted by atomic mass is 32.2. The number of fused-ring (bicyclic) bond motifs is 4. The molecule has 5 rings (SSSR count). The Morgan fingerprint density at radius 1 is 1.22 bits per heavy atom. The van der Waals surface area contributed by atoms with Gasteiger partial charge in [-0.15, -0.1) is 11.3 Å². The van der Waals surface area contributed by atoms with Gasteiger partial charge < -0.3 is 0 Å². The summed E-state index contributed by atoms with van der Waals surface area (Å²) in [7, 11) is 0. The number of aromatic nitrogens is 4. The molecule has 4 heterocycles. The highest BCUT2D eigenvalue weighted by molar-refractivity contribution is 7.99. The van der Waals surface area contributed by atoms with Crippen molar-refractivity contribution in [3.05, 3.63) is 46.9 Å². The molecule has 0 radical (unpaired) electrons. The van der Waals surface area contributed by atoms with Gasteiger partial charge >= 0.3 is 0 Å². The number of hydrogen-bond acceptors (Lipinski definition) is 5. The Labute approximate surface area is 141 Å². The van der Waals surface area contributed by atoms with E-state index < -0.39 is 0 Å². The maximum Gasteiger partial charge on any atom is 0.179 e. The van der Waals surface area contributed by atoms with Crippen molar-refractivity contribution in [3.63, 3.8) is 0 Å². The van der Waals surface area contributed by atoms with Gasteiger partial charge in [0.2, 0.25) is 0 Å². The van der Waals surface area contributed by atoms with Crippen molar-refractivity contribution in [2.24, 2.45) is 0 Å². The van der Waals surface area contributed by atoms with E-state index in [2.05, 4.69) is 20.4 Å². The molecule has 0 bridgehead atoms. The minimum atomic E-state index is 0.834. The Bertz CT molecular complexity index is 1050. The molecule has 0 amide bonds. The normalized spacial score (nSPS) is 14.0. The lowest BCUT2D eigenvalue weighted by Gasteiger charge is -2.05. The van der Waals surface area contributed by atoms with E-state index in [0.29, 0.717) is 0 Å². The molecule has 0 aromatic carbocycles. The molecular weight excluding hydrogens is 324 g/mol. The van der Waals surface area contributed by atoms with Crippen LogP contribution in [0.4, 0.5) is 0 Å². The number of nitrogens with zero attached hydrogens (tertiary/aromatic N) is 4. The second-order valence-corrected chi connectivity index (χ2v) is 7.79. The van der Waals surface area contributed by atoms with Crippen molar-refractivity contribution in [3.8, 4) is 0 Å². The lowest BCUT2D eigenvalue weighted by molar-refractivity contribution is 0.913. The third kappa shape index (κ3) is 2.09. The molecule has 0 unspecified atom stereocenters. The Morgan fingerprint density at radius 2 is 2.17 bits per heavy atom. The van der Waals surface area contributed by atoms with Crippen LogP contribution in [0.15, 0.2) is 40.8 Å². The summed E-state index contributed by atoms with van der Waals surface area (Å²) < 4.78 is 2.11. The number of aryl methyl sites for hydroxylation is 3. The summed E-state index contributed by atoms with van der Waals surface area (Å²) in [6, 6.07) is 6.13. The van der Waals surface area contributed by atoms with E-state index in [4.69, 9.17) is 4.98 Å². The van der Waals surface area contributed by atoms with E-state index >= 15 is 0 Å². The van der Waals surface area contributed by atoms with Crippen LogP contribution >= 0.6 is 23.1 Å². The molecule has 4 nitrogen and oxygen atoms in total. The van der Waals surface area contributed by atoms with Crippen molar-refractivity contribution in [2.75, 3.05) is 0 Å². The van der Waals surface area contributed by atoms with Gasteiger partial charge in [-0.3, -0.25) is 4.40 Å². The van der Waals surface area contributed by atoms with Crippen molar-refractivity contribution in [2.45, 2.75) is 36.4 Å². The number of hydrogen-bond donors (Lipinski definition) is 0. The summed E-state index contributed by atoms with van der Waals surface area (Å²) in [6.45, 7) is 1.97. The molecule has 0 spiro atoms. The van der Waals surface area contributed by atoms with E-state index in [-0.39, 0.29) is 0 Å². The van der Waals surface area contributed by atoms with Gasteiger partial charge in [0.1, 0.15) is 15.7 Å². The van der Waals surface area contributed by atoms with Gasteiger partial charge in [-0.1, -0.05) is 6.07 Å². The third-order valence-corrected chi connectivity index (χ3v) is 6.40. The molecule has 4 aromatic heterocycles. The number of thiophene rings is 1. The van der Waals surface area contributed by atoms with E-state index in [0.717, 1.165) is 32.8 Å². The summed E-state index contributed by atoms with van der Waals surface area (Å²) in [5.41, 5.74) is 2.57. The maximum atomic E-state index is 4.74. The van der Waals surface area contributed by atoms with Crippen molar-refractivity contribution < 1.29 is 0 Å². The summed E-state index contributed by atoms with van der Waals surface area (Å²) >= 11 is 3.48. The molecule has 0 aliphatic heterocycles. The van der Waals surface area contributed by atoms with Crippen LogP contribution in [0.2, 0.25) is 0 Å². The zero-order valence-corrected chi connectivity index (χ0v) is 14.2. The fourth-order valence-corrected chi connectivity index (χ4v) is 5.63. The van der Waals surface area contributed by atoms with Crippen LogP contribution in [-0.4, -0.2) is 19.4 Å². The highest BCUT2D eigenvalue weighted by Crippen LogP contribution is 2.41. The molecule has 0 saturated heterocycles. The second kappa shape index (κ2) is 5.04. The standard InChI is InChI=1S/C17H14N4S2/c1-10-19-15-14(12-6-4-7-13(12)22-15)16(20-10)23-17-18-9-11-5-2-3-8-21(11)17/h2-3,5,8-9H,4,6-7H2,1H3. The Hall–Kier alpha value is -1.92. The average molecular weight is 338 g/mol. The second-order valence-electron chi connectivity index (χ2n) is 5.75. The van der Waals surface area contributed by atoms with E-state index in [9.17, 15) is 0 Å². The molecule has 4 aromatic rings. The predicted octanol–water partition coefficient (Wildman–Crippen LogP) is 4.29. The van der Waals surface area contributed by atoms with Crippen LogP contribution in [0, 0.1) is 6.92 Å². The van der Waals surface area contributed by atoms with Gasteiger partial charge in [0, 0.05) is 16.5 Å². The molecule has 0 saturated carbocycles. The van der Waals surface area contributed by atoms with Crippen LogP contribution in [0.1, 0.15) is 22.7 Å². The SMILES string of the molecule is Cc1nc(Sc2ncc3ccccn23)c2c3c(sc2n1)CCC3. The Kier molecular flexibility index (Phi) is 2.96. The maximum absolute atomic E-state index is 4.74. The van der Waals surface area contributed by atoms with Crippen molar-refractivity contribution >= 4 is 38.8 Å². The van der Waals surface area contributed by atoms with Gasteiger partial charge in [-0.2, -0.15) is 0 Å². The van der Waals surface area contributed by atoms with E-state index in [1.807, 2.05) is 42.8 Å². The topological polar surface area (TPSA) is 43.1 Å². The Balaban J connectivity index is 1.70. The minimum Gasteiger partial charge on any atom is -0.295 e. The fraction of sp³-hybridized carbons (Fsp3) is 0.235. The molecule has 1 aliphatic carbocycles. The lowest BCUT2D eigenvalue weighted by atomic mass is 10.2. The van der Waals surface area contributed by atoms with Gasteiger partial charge in [0.25, 0.3) is 0 Å². The largest absolute Gasteiger partial charge is 0.295 e. The first-order valence-corrected chi connectivity index (χ1v) is 9.32. The predicted molar refractivity (Wildman–Crippen MR) is 93.5 cm³/mol. The first-order valence-electron chi connectivity index (χ1n) is 7.68. The van der Waals surface area contributed by atoms with Gasteiger partial charge in [0.05, 0.1) is 11.7 Å². The van der Waals surface area contributed by atoms with Gasteiger partial charge in [0.15, 0.2) is 5.16 Å². The van der Waals surface area contributed by atoms with Crippen LogP contribution < -0.4 is 0 Å². The highest BCUT2D eigenvalue weighted by Gasteiger charge is 2.23. The number of pyridine rings is 1. The molecule has 114 valence electrons. The minimum absolute atomic E-state index is 0.834. The zero-order chi connectivity index (χ0) is 15.4. The Morgan fingerprint density at radius 3 is 3.13 bits per heavy atom. The molecule has 1 aliphatic rings. The van der Waals surface area contributed by atoms with E-state index in [1.54, 1.807) is 11.8 Å². The van der Waals surface area contributed by atoms with Gasteiger partial charge in [-0.25, -0.2) is 15.0 Å². The van der Waals surface area contributed by atoms with Crippen LogP contribution in [0.3, 0.4) is 0 Å². The molecular formula is C17H14N4S2. The average Bonchev–Trinajstić information content (AvgIpc) is 3.21. The number of imidazole rings is 1. The molecule has 0 N–H and O–H groups in total. The summed E-state index contributed by atoms with van der Waals surface area (Å²) in [5, 5.41) is 3.26. The van der Waals surface area contributed by atoms with Crippen molar-refractivity contribution in [1.29, 1.82) is 0 Å². The third-order valence-electron chi connectivity index (χ3n) is 4.24. The molecule has 23 heavy (non-hydrogen) atoms. The first kappa shape index (κ1) is 13.5. The van der Waals surface area contributed by atoms with Crippen LogP contribution in [0.5, 0.6) is 0 Å². The van der Waals surface area contributed by atoms with Gasteiger partial charge in [-0.05, 0) is 55.6 Å². The first-order chi connectivity index (χ1) is 11.3. The molecule has 6 heteroatoms. The molecule has 0 atom stereocenters. The van der Waals surface area contributed by atoms with E-state index in [1.165, 1.54) is 28.7 Å². The van der Waals surface area contributed by atoms with Crippen molar-refractivity contribution in [1.82, 2.24) is 19.4 Å². The fourth-order valence-electron chi connectivity index (χ4n) is 3.22. The zero-order valence-electron chi connectivity index (χ0n) is 12.6. The summed E-state index contributed by atoms with van der Waals surface area (Å²) in [5.74, 6) is 0.834. The van der Waals surface area contributed by atoms with Crippen LogP contribution in [-0.2, 0) is 12.8 Å². The lowest BCUT2D eigenvalue weighted by Crippen LogP contribution is -1.94. The number of rotatable bonds is 2. The summed E-state index contributed by atoms with van der Waals surface area (Å²) in [4.78, 5) is 16.6.